The molecule has 0 saturated heterocycles. The summed E-state index contributed by atoms with van der Waals surface area (Å²) in [6, 6.07) is 99.7. The van der Waals surface area contributed by atoms with E-state index >= 15 is 0 Å². The van der Waals surface area contributed by atoms with Crippen molar-refractivity contribution in [1.82, 2.24) is 4.57 Å². The minimum Gasteiger partial charge on any atom is -0.310 e. The predicted molar refractivity (Wildman–Crippen MR) is 413 cm³/mol. The average Bonchev–Trinajstić information content (AvgIpc) is 0.731. The van der Waals surface area contributed by atoms with E-state index in [0.29, 0.717) is 17.5 Å². The topological polar surface area (TPSA) is 15.8 Å². The Balaban J connectivity index is 1.06. The molecule has 13 aromatic rings. The van der Waals surface area contributed by atoms with Crippen molar-refractivity contribution in [3.05, 3.63) is 295 Å². The van der Waals surface area contributed by atoms with Crippen LogP contribution >= 0.6 is 0 Å². The van der Waals surface area contributed by atoms with Gasteiger partial charge in [-0.2, -0.15) is 0 Å². The molecule has 5 heteroatoms. The SMILES string of the molecule is [C-]#[N+]c1ccc2c(c1)c1cc(C(C)(C)C)ccc1n2-c1ccc2c(c1)N(c1c(-c3ccccc3)cc(C(C)(C)C)cc1-c1ccccc1)c1cc(C3C[C@H]4CC[C@@H]3C4)cc3c1B2c1ccc(-c2ccccc2)cc1N3c1c(-c2ccccc2)cc(C(C)(C)C)cc1-c1ccccc1. The highest BCUT2D eigenvalue weighted by Gasteiger charge is 2.48. The maximum Gasteiger partial charge on any atom is 0.252 e. The average molecular weight is 1250 g/mol. The minimum atomic E-state index is -0.187. The first-order valence-electron chi connectivity index (χ1n) is 35.1. The Bertz CT molecular complexity index is 5190. The normalized spacial score (nSPS) is 16.4. The van der Waals surface area contributed by atoms with Crippen LogP contribution in [0.3, 0.4) is 0 Å². The summed E-state index contributed by atoms with van der Waals surface area (Å²) < 4.78 is 2.48. The molecule has 0 spiro atoms. The molecule has 3 heterocycles. The molecular weight excluding hydrogens is 1170 g/mol. The summed E-state index contributed by atoms with van der Waals surface area (Å²) in [6.07, 6.45) is 5.05. The molecule has 2 saturated carbocycles. The third-order valence-electron chi connectivity index (χ3n) is 22.1. The van der Waals surface area contributed by atoms with Gasteiger partial charge in [-0.15, -0.1) is 0 Å². The number of aromatic nitrogens is 1. The highest BCUT2D eigenvalue weighted by atomic mass is 15.2. The molecule has 17 rings (SSSR count). The molecule has 0 N–H and O–H groups in total. The van der Waals surface area contributed by atoms with E-state index in [2.05, 4.69) is 336 Å². The van der Waals surface area contributed by atoms with Crippen LogP contribution < -0.4 is 26.2 Å². The van der Waals surface area contributed by atoms with Gasteiger partial charge in [0.2, 0.25) is 0 Å². The maximum absolute atomic E-state index is 8.27. The molecule has 97 heavy (non-hydrogen) atoms. The molecule has 2 bridgehead atoms. The van der Waals surface area contributed by atoms with E-state index in [9.17, 15) is 0 Å². The minimum absolute atomic E-state index is 0.0826. The highest BCUT2D eigenvalue weighted by Crippen LogP contribution is 2.58. The first kappa shape index (κ1) is 60.3. The summed E-state index contributed by atoms with van der Waals surface area (Å²) in [6.45, 7) is 29.1. The van der Waals surface area contributed by atoms with Crippen molar-refractivity contribution in [2.24, 2.45) is 11.8 Å². The Hall–Kier alpha value is -10.4. The molecule has 2 aliphatic carbocycles. The maximum atomic E-state index is 8.27. The monoisotopic (exact) mass is 1250 g/mol. The van der Waals surface area contributed by atoms with E-state index in [1.54, 1.807) is 0 Å². The van der Waals surface area contributed by atoms with Crippen molar-refractivity contribution in [2.45, 2.75) is 110 Å². The lowest BCUT2D eigenvalue weighted by Crippen LogP contribution is -2.61. The standard InChI is InChI=1S/C92H81BN4/c1-90(2,3)67-39-44-81-77(51-67)78-56-70(94-10)40-45-82(78)95(81)71-41-43-80-84(57-71)97(89-75(62-32-22-14-23-33-62)54-69(92(7,8)9)55-76(89)63-34-24-15-25-35-63)86-50-66(72-47-58-36-37-65(72)46-58)49-85-87(86)93(80)79-42-38-64(59-26-16-11-17-27-59)48-83(79)96(85)88-73(60-28-18-12-19-29-60)52-68(91(4,5)6)53-74(88)61-30-20-13-21-31-61/h11-35,38-45,48-58,65,72H,36-37,46-47H2,1-9H3/t58-,65+,72?/m0/s1. The second-order valence-electron chi connectivity index (χ2n) is 31.2. The van der Waals surface area contributed by atoms with Crippen LogP contribution in [0, 0.1) is 18.4 Å². The van der Waals surface area contributed by atoms with E-state index in [0.717, 1.165) is 44.8 Å². The van der Waals surface area contributed by atoms with Gasteiger partial charge in [-0.3, -0.25) is 0 Å². The quantitative estimate of drug-likeness (QED) is 0.106. The summed E-state index contributed by atoms with van der Waals surface area (Å²) in [5, 5.41) is 2.24. The van der Waals surface area contributed by atoms with Crippen molar-refractivity contribution in [3.63, 3.8) is 0 Å². The van der Waals surface area contributed by atoms with Crippen LogP contribution in [0.5, 0.6) is 0 Å². The molecule has 2 fully saturated rings. The molecule has 12 aromatic carbocycles. The van der Waals surface area contributed by atoms with Crippen LogP contribution in [0.1, 0.15) is 116 Å². The molecule has 4 nitrogen and oxygen atoms in total. The highest BCUT2D eigenvalue weighted by molar-refractivity contribution is 7.00. The lowest BCUT2D eigenvalue weighted by Gasteiger charge is -2.46. The van der Waals surface area contributed by atoms with E-state index in [4.69, 9.17) is 6.57 Å². The van der Waals surface area contributed by atoms with Crippen molar-refractivity contribution >= 4 is 84.7 Å². The molecule has 0 amide bonds. The largest absolute Gasteiger partial charge is 0.310 e. The molecule has 4 aliphatic rings. The predicted octanol–water partition coefficient (Wildman–Crippen LogP) is 23.5. The van der Waals surface area contributed by atoms with Crippen LogP contribution in [0.4, 0.5) is 39.8 Å². The number of nitrogens with zero attached hydrogens (tertiary/aromatic N) is 4. The summed E-state index contributed by atoms with van der Waals surface area (Å²) in [5.41, 5.74) is 31.6. The van der Waals surface area contributed by atoms with Gasteiger partial charge in [0.05, 0.1) is 29.0 Å². The van der Waals surface area contributed by atoms with Crippen LogP contribution in [0.15, 0.2) is 261 Å². The molecule has 472 valence electrons. The van der Waals surface area contributed by atoms with Crippen LogP contribution in [0.25, 0.3) is 88.0 Å². The number of hydrogen-bond donors (Lipinski definition) is 0. The zero-order valence-electron chi connectivity index (χ0n) is 57.3. The fourth-order valence-corrected chi connectivity index (χ4v) is 17.1. The van der Waals surface area contributed by atoms with Crippen molar-refractivity contribution in [1.29, 1.82) is 0 Å². The Kier molecular flexibility index (Phi) is 14.2. The molecule has 0 radical (unpaired) electrons. The van der Waals surface area contributed by atoms with Gasteiger partial charge >= 0.3 is 0 Å². The van der Waals surface area contributed by atoms with Crippen LogP contribution in [-0.4, -0.2) is 11.3 Å². The Morgan fingerprint density at radius 1 is 0.381 bits per heavy atom. The van der Waals surface area contributed by atoms with Crippen molar-refractivity contribution < 1.29 is 0 Å². The first-order chi connectivity index (χ1) is 46.9. The van der Waals surface area contributed by atoms with Gasteiger partial charge in [0.25, 0.3) is 6.71 Å². The van der Waals surface area contributed by atoms with Gasteiger partial charge in [-0.1, -0.05) is 251 Å². The Labute approximate surface area is 573 Å². The summed E-state index contributed by atoms with van der Waals surface area (Å²) >= 11 is 0. The van der Waals surface area contributed by atoms with E-state index in [1.165, 1.54) is 143 Å². The zero-order valence-corrected chi connectivity index (χ0v) is 57.3. The fraction of sp³-hybridized carbons (Fsp3) is 0.207. The van der Waals surface area contributed by atoms with Crippen molar-refractivity contribution in [3.8, 4) is 61.3 Å². The molecule has 1 aromatic heterocycles. The van der Waals surface area contributed by atoms with Crippen molar-refractivity contribution in [2.75, 3.05) is 9.80 Å². The number of fused-ring (bicyclic) bond motifs is 9. The number of anilines is 6. The molecule has 3 atom stereocenters. The van der Waals surface area contributed by atoms with Gasteiger partial charge in [0, 0.05) is 56.1 Å². The Morgan fingerprint density at radius 2 is 0.825 bits per heavy atom. The van der Waals surface area contributed by atoms with E-state index < -0.39 is 0 Å². The van der Waals surface area contributed by atoms with Gasteiger partial charge in [0.1, 0.15) is 0 Å². The van der Waals surface area contributed by atoms with Gasteiger partial charge in [-0.25, -0.2) is 4.85 Å². The second-order valence-corrected chi connectivity index (χ2v) is 31.2. The second kappa shape index (κ2) is 22.9. The fourth-order valence-electron chi connectivity index (χ4n) is 17.1. The lowest BCUT2D eigenvalue weighted by atomic mass is 9.33. The van der Waals surface area contributed by atoms with Crippen LogP contribution in [-0.2, 0) is 16.2 Å². The number of benzene rings is 12. The first-order valence-corrected chi connectivity index (χ1v) is 35.1. The molecule has 1 unspecified atom stereocenters. The van der Waals surface area contributed by atoms with Crippen LogP contribution in [0.2, 0.25) is 0 Å². The summed E-state index contributed by atoms with van der Waals surface area (Å²) in [4.78, 5) is 9.55. The third kappa shape index (κ3) is 10.2. The van der Waals surface area contributed by atoms with E-state index in [1.807, 2.05) is 6.07 Å². The van der Waals surface area contributed by atoms with E-state index in [-0.39, 0.29) is 23.0 Å². The van der Waals surface area contributed by atoms with Gasteiger partial charge < -0.3 is 14.4 Å². The summed E-state index contributed by atoms with van der Waals surface area (Å²) in [7, 11) is 0. The smallest absolute Gasteiger partial charge is 0.252 e. The zero-order chi connectivity index (χ0) is 66.2. The van der Waals surface area contributed by atoms with Gasteiger partial charge in [-0.05, 0) is 210 Å². The molecular formula is C92H81BN4. The molecule has 2 aliphatic heterocycles. The number of rotatable bonds is 9. The lowest BCUT2D eigenvalue weighted by molar-refractivity contribution is 0.420. The number of hydrogen-bond acceptors (Lipinski definition) is 2. The van der Waals surface area contributed by atoms with Gasteiger partial charge in [0.15, 0.2) is 5.69 Å². The Morgan fingerprint density at radius 3 is 1.27 bits per heavy atom. The third-order valence-corrected chi connectivity index (χ3v) is 22.1. The summed E-state index contributed by atoms with van der Waals surface area (Å²) in [5.74, 6) is 1.71.